The molecule has 8 nitrogen and oxygen atoms in total. The van der Waals surface area contributed by atoms with Crippen LogP contribution < -0.4 is 10.1 Å². The Kier molecular flexibility index (Phi) is 4.57. The molecule has 1 amide bonds. The van der Waals surface area contributed by atoms with Crippen LogP contribution in [0.4, 0.5) is 5.95 Å². The molecule has 4 rings (SSSR count). The second kappa shape index (κ2) is 7.17. The molecule has 0 unspecified atom stereocenters. The Morgan fingerprint density at radius 3 is 3.19 bits per heavy atom. The minimum Gasteiger partial charge on any atom is -0.496 e. The van der Waals surface area contributed by atoms with Gasteiger partial charge in [-0.3, -0.25) is 15.2 Å². The molecule has 0 bridgehead atoms. The van der Waals surface area contributed by atoms with Gasteiger partial charge in [0.05, 0.1) is 12.6 Å². The molecular formula is C18H21N5O3. The highest BCUT2D eigenvalue weighted by atomic mass is 16.5. The normalized spacial score (nSPS) is 16.9. The number of methoxy groups -OCH3 is 1. The molecule has 1 aliphatic heterocycles. The van der Waals surface area contributed by atoms with Crippen molar-refractivity contribution in [2.75, 3.05) is 19.0 Å². The first-order valence-electron chi connectivity index (χ1n) is 8.70. The largest absolute Gasteiger partial charge is 0.496 e. The fraction of sp³-hybridized carbons (Fsp3) is 0.389. The summed E-state index contributed by atoms with van der Waals surface area (Å²) in [6.45, 7) is 1.30. The number of nitrogens with one attached hydrogen (secondary N) is 2. The molecule has 8 heteroatoms. The Balaban J connectivity index is 1.37. The van der Waals surface area contributed by atoms with Gasteiger partial charge in [0.2, 0.25) is 11.9 Å². The number of aromatic nitrogens is 4. The summed E-state index contributed by atoms with van der Waals surface area (Å²) in [4.78, 5) is 16.5. The van der Waals surface area contributed by atoms with E-state index in [-0.39, 0.29) is 12.0 Å². The van der Waals surface area contributed by atoms with E-state index in [1.54, 1.807) is 7.11 Å². The summed E-state index contributed by atoms with van der Waals surface area (Å²) in [6.07, 6.45) is 4.18. The van der Waals surface area contributed by atoms with Crippen molar-refractivity contribution in [3.05, 3.63) is 36.3 Å². The molecule has 2 N–H and O–H groups in total. The molecule has 136 valence electrons. The van der Waals surface area contributed by atoms with E-state index < -0.39 is 0 Å². The molecule has 1 aromatic carbocycles. The predicted octanol–water partition coefficient (Wildman–Crippen LogP) is 2.65. The molecule has 0 radical (unpaired) electrons. The maximum atomic E-state index is 12.2. The average Bonchev–Trinajstić information content (AvgIpc) is 3.39. The molecule has 2 aromatic heterocycles. The van der Waals surface area contributed by atoms with Crippen molar-refractivity contribution in [1.82, 2.24) is 19.7 Å². The van der Waals surface area contributed by atoms with Crippen LogP contribution in [0.5, 0.6) is 5.75 Å². The number of amides is 1. The number of ether oxygens (including phenoxy) is 2. The first-order chi connectivity index (χ1) is 12.7. The SMILES string of the molecule is COc1cccc2c1ccn2CCC(=O)Nc1n[nH]c([C@H]2CCCO2)n1. The molecule has 3 aromatic rings. The first kappa shape index (κ1) is 16.6. The maximum absolute atomic E-state index is 12.2. The molecule has 26 heavy (non-hydrogen) atoms. The molecule has 0 spiro atoms. The Hall–Kier alpha value is -2.87. The predicted molar refractivity (Wildman–Crippen MR) is 96.0 cm³/mol. The number of nitrogens with zero attached hydrogens (tertiary/aromatic N) is 3. The summed E-state index contributed by atoms with van der Waals surface area (Å²) < 4.78 is 13.0. The third-order valence-electron chi connectivity index (χ3n) is 4.56. The zero-order valence-electron chi connectivity index (χ0n) is 14.6. The van der Waals surface area contributed by atoms with Gasteiger partial charge in [0, 0.05) is 31.2 Å². The van der Waals surface area contributed by atoms with Crippen molar-refractivity contribution in [3.63, 3.8) is 0 Å². The maximum Gasteiger partial charge on any atom is 0.248 e. The van der Waals surface area contributed by atoms with Gasteiger partial charge in [-0.2, -0.15) is 4.98 Å². The Bertz CT molecular complexity index is 911. The first-order valence-corrected chi connectivity index (χ1v) is 8.70. The summed E-state index contributed by atoms with van der Waals surface area (Å²) in [5, 5.41) is 10.7. The summed E-state index contributed by atoms with van der Waals surface area (Å²) in [6, 6.07) is 7.88. The number of hydrogen-bond acceptors (Lipinski definition) is 5. The molecule has 1 saturated heterocycles. The lowest BCUT2D eigenvalue weighted by Gasteiger charge is -2.07. The lowest BCUT2D eigenvalue weighted by Crippen LogP contribution is -2.15. The van der Waals surface area contributed by atoms with E-state index in [1.165, 1.54) is 0 Å². The molecule has 1 fully saturated rings. The number of anilines is 1. The van der Waals surface area contributed by atoms with E-state index in [4.69, 9.17) is 9.47 Å². The van der Waals surface area contributed by atoms with Crippen molar-refractivity contribution in [1.29, 1.82) is 0 Å². The monoisotopic (exact) mass is 355 g/mol. The highest BCUT2D eigenvalue weighted by Crippen LogP contribution is 2.27. The van der Waals surface area contributed by atoms with Crippen LogP contribution in [0.15, 0.2) is 30.5 Å². The van der Waals surface area contributed by atoms with Gasteiger partial charge in [-0.05, 0) is 31.0 Å². The number of aryl methyl sites for hydroxylation is 1. The zero-order valence-corrected chi connectivity index (χ0v) is 14.6. The van der Waals surface area contributed by atoms with Gasteiger partial charge in [-0.25, -0.2) is 0 Å². The van der Waals surface area contributed by atoms with Crippen LogP contribution >= 0.6 is 0 Å². The van der Waals surface area contributed by atoms with Gasteiger partial charge in [-0.15, -0.1) is 5.10 Å². The highest BCUT2D eigenvalue weighted by Gasteiger charge is 2.21. The molecule has 0 saturated carbocycles. The second-order valence-electron chi connectivity index (χ2n) is 6.25. The Labute approximate surface area is 150 Å². The fourth-order valence-electron chi connectivity index (χ4n) is 3.24. The van der Waals surface area contributed by atoms with Crippen molar-refractivity contribution in [3.8, 4) is 5.75 Å². The van der Waals surface area contributed by atoms with Crippen molar-refractivity contribution < 1.29 is 14.3 Å². The Morgan fingerprint density at radius 1 is 1.46 bits per heavy atom. The van der Waals surface area contributed by atoms with Gasteiger partial charge >= 0.3 is 0 Å². The topological polar surface area (TPSA) is 94.1 Å². The summed E-state index contributed by atoms with van der Waals surface area (Å²) in [5.41, 5.74) is 1.04. The number of hydrogen-bond donors (Lipinski definition) is 2. The van der Waals surface area contributed by atoms with Crippen molar-refractivity contribution >= 4 is 22.8 Å². The molecule has 3 heterocycles. The molecular weight excluding hydrogens is 334 g/mol. The molecule has 1 aliphatic rings. The van der Waals surface area contributed by atoms with E-state index in [1.807, 2.05) is 35.0 Å². The number of carbonyl (C=O) groups is 1. The second-order valence-corrected chi connectivity index (χ2v) is 6.25. The van der Waals surface area contributed by atoms with Gasteiger partial charge in [0.1, 0.15) is 11.9 Å². The number of fused-ring (bicyclic) bond motifs is 1. The van der Waals surface area contributed by atoms with Crippen molar-refractivity contribution in [2.24, 2.45) is 0 Å². The van der Waals surface area contributed by atoms with E-state index >= 15 is 0 Å². The quantitative estimate of drug-likeness (QED) is 0.709. The number of rotatable bonds is 6. The fourth-order valence-corrected chi connectivity index (χ4v) is 3.24. The van der Waals surface area contributed by atoms with Gasteiger partial charge in [0.15, 0.2) is 5.82 Å². The summed E-state index contributed by atoms with van der Waals surface area (Å²) >= 11 is 0. The Morgan fingerprint density at radius 2 is 2.38 bits per heavy atom. The van der Waals surface area contributed by atoms with E-state index in [2.05, 4.69) is 20.5 Å². The summed E-state index contributed by atoms with van der Waals surface area (Å²) in [7, 11) is 1.65. The van der Waals surface area contributed by atoms with E-state index in [0.717, 1.165) is 36.1 Å². The third-order valence-corrected chi connectivity index (χ3v) is 4.56. The summed E-state index contributed by atoms with van der Waals surface area (Å²) in [5.74, 6) is 1.65. The lowest BCUT2D eigenvalue weighted by atomic mass is 10.2. The number of H-pyrrole nitrogens is 1. The average molecular weight is 355 g/mol. The van der Waals surface area contributed by atoms with Crippen LogP contribution in [0.3, 0.4) is 0 Å². The molecule has 1 atom stereocenters. The lowest BCUT2D eigenvalue weighted by molar-refractivity contribution is -0.116. The zero-order chi connectivity index (χ0) is 17.9. The smallest absolute Gasteiger partial charge is 0.248 e. The van der Waals surface area contributed by atoms with E-state index in [0.29, 0.717) is 24.7 Å². The van der Waals surface area contributed by atoms with Gasteiger partial charge < -0.3 is 14.0 Å². The van der Waals surface area contributed by atoms with Crippen LogP contribution in [-0.2, 0) is 16.1 Å². The van der Waals surface area contributed by atoms with Gasteiger partial charge in [-0.1, -0.05) is 6.07 Å². The van der Waals surface area contributed by atoms with Crippen LogP contribution in [0.1, 0.15) is 31.2 Å². The van der Waals surface area contributed by atoms with Crippen LogP contribution in [0, 0.1) is 0 Å². The number of aromatic amines is 1. The van der Waals surface area contributed by atoms with Crippen molar-refractivity contribution in [2.45, 2.75) is 31.9 Å². The standard InChI is InChI=1S/C18H21N5O3/c1-25-14-5-2-4-13-12(14)7-9-23(13)10-8-16(24)19-18-20-17(21-22-18)15-6-3-11-26-15/h2,4-5,7,9,15H,3,6,8,10-11H2,1H3,(H2,19,20,21,22,24)/t15-/m1/s1. The molecule has 0 aliphatic carbocycles. The van der Waals surface area contributed by atoms with Gasteiger partial charge in [0.25, 0.3) is 0 Å². The van der Waals surface area contributed by atoms with Crippen LogP contribution in [-0.4, -0.2) is 39.4 Å². The minimum absolute atomic E-state index is 0.0469. The van der Waals surface area contributed by atoms with Crippen LogP contribution in [0.25, 0.3) is 10.9 Å². The van der Waals surface area contributed by atoms with Crippen LogP contribution in [0.2, 0.25) is 0 Å². The number of carbonyl (C=O) groups excluding carboxylic acids is 1. The number of benzene rings is 1. The van der Waals surface area contributed by atoms with E-state index in [9.17, 15) is 4.79 Å². The minimum atomic E-state index is -0.132. The third kappa shape index (κ3) is 3.28. The highest BCUT2D eigenvalue weighted by molar-refractivity contribution is 5.89.